The Morgan fingerprint density at radius 3 is 2.67 bits per heavy atom. The fourth-order valence-corrected chi connectivity index (χ4v) is 1.31. The zero-order valence-electron chi connectivity index (χ0n) is 7.85. The van der Waals surface area contributed by atoms with E-state index in [2.05, 4.69) is 4.98 Å². The van der Waals surface area contributed by atoms with Crippen molar-refractivity contribution in [3.05, 3.63) is 47.7 Å². The number of halogens is 1. The van der Waals surface area contributed by atoms with E-state index in [4.69, 9.17) is 22.1 Å². The molecule has 0 fully saturated rings. The van der Waals surface area contributed by atoms with Crippen LogP contribution in [-0.2, 0) is 0 Å². The molecular weight excluding hydrogens is 212 g/mol. The highest BCUT2D eigenvalue weighted by Gasteiger charge is 2.04. The van der Waals surface area contributed by atoms with Crippen molar-refractivity contribution in [3.63, 3.8) is 0 Å². The zero-order valence-corrected chi connectivity index (χ0v) is 8.61. The summed E-state index contributed by atoms with van der Waals surface area (Å²) in [6.07, 6.45) is 3.15. The van der Waals surface area contributed by atoms with E-state index in [1.54, 1.807) is 24.4 Å². The summed E-state index contributed by atoms with van der Waals surface area (Å²) in [6.45, 7) is 0. The van der Waals surface area contributed by atoms with E-state index < -0.39 is 0 Å². The molecule has 0 saturated heterocycles. The predicted molar refractivity (Wildman–Crippen MR) is 60.2 cm³/mol. The van der Waals surface area contributed by atoms with E-state index in [1.807, 2.05) is 12.1 Å². The molecule has 0 unspecified atom stereocenters. The third-order valence-corrected chi connectivity index (χ3v) is 2.18. The zero-order chi connectivity index (χ0) is 10.7. The number of hydrogen-bond acceptors (Lipinski definition) is 3. The van der Waals surface area contributed by atoms with Gasteiger partial charge in [0, 0.05) is 12.3 Å². The van der Waals surface area contributed by atoms with Gasteiger partial charge in [0.25, 0.3) is 0 Å². The Bertz CT molecular complexity index is 430. The van der Waals surface area contributed by atoms with Gasteiger partial charge in [0.2, 0.25) is 0 Å². The maximum atomic E-state index is 5.95. The van der Waals surface area contributed by atoms with Crippen molar-refractivity contribution >= 4 is 17.3 Å². The van der Waals surface area contributed by atoms with Crippen molar-refractivity contribution in [1.82, 2.24) is 4.98 Å². The molecule has 0 saturated carbocycles. The molecule has 1 heterocycles. The Balaban J connectivity index is 2.30. The van der Waals surface area contributed by atoms with Crippen LogP contribution in [0.3, 0.4) is 0 Å². The molecule has 0 aliphatic carbocycles. The van der Waals surface area contributed by atoms with Gasteiger partial charge in [-0.1, -0.05) is 23.7 Å². The summed E-state index contributed by atoms with van der Waals surface area (Å²) in [5.74, 6) is 1.13. The minimum atomic E-state index is 0.484. The average Bonchev–Trinajstić information content (AvgIpc) is 2.24. The van der Waals surface area contributed by atoms with Crippen LogP contribution in [0, 0.1) is 0 Å². The van der Waals surface area contributed by atoms with Crippen molar-refractivity contribution in [3.8, 4) is 11.5 Å². The maximum Gasteiger partial charge on any atom is 0.153 e. The second-order valence-corrected chi connectivity index (χ2v) is 3.35. The number of para-hydroxylation sites is 1. The minimum Gasteiger partial charge on any atom is -0.454 e. The first-order chi connectivity index (χ1) is 7.27. The van der Waals surface area contributed by atoms with E-state index >= 15 is 0 Å². The Labute approximate surface area is 92.5 Å². The summed E-state index contributed by atoms with van der Waals surface area (Å²) in [4.78, 5) is 3.87. The van der Waals surface area contributed by atoms with Crippen molar-refractivity contribution in [2.75, 3.05) is 5.73 Å². The Morgan fingerprint density at radius 2 is 1.93 bits per heavy atom. The van der Waals surface area contributed by atoms with E-state index in [9.17, 15) is 0 Å². The highest BCUT2D eigenvalue weighted by atomic mass is 35.5. The van der Waals surface area contributed by atoms with Gasteiger partial charge in [0.05, 0.1) is 16.9 Å². The van der Waals surface area contributed by atoms with Crippen LogP contribution in [0.25, 0.3) is 0 Å². The summed E-state index contributed by atoms with van der Waals surface area (Å²) >= 11 is 5.95. The average molecular weight is 221 g/mol. The number of nitrogen functional groups attached to an aromatic ring is 1. The Morgan fingerprint density at radius 1 is 1.13 bits per heavy atom. The second kappa shape index (κ2) is 4.19. The van der Waals surface area contributed by atoms with Crippen molar-refractivity contribution in [2.24, 2.45) is 0 Å². The topological polar surface area (TPSA) is 48.1 Å². The number of pyridine rings is 1. The van der Waals surface area contributed by atoms with Gasteiger partial charge in [-0.15, -0.1) is 0 Å². The van der Waals surface area contributed by atoms with E-state index in [-0.39, 0.29) is 0 Å². The maximum absolute atomic E-state index is 5.95. The Hall–Kier alpha value is -1.74. The monoisotopic (exact) mass is 220 g/mol. The number of rotatable bonds is 2. The lowest BCUT2D eigenvalue weighted by atomic mass is 10.3. The van der Waals surface area contributed by atoms with Gasteiger partial charge in [-0.2, -0.15) is 0 Å². The van der Waals surface area contributed by atoms with Crippen LogP contribution in [0.4, 0.5) is 5.69 Å². The molecule has 15 heavy (non-hydrogen) atoms. The third-order valence-electron chi connectivity index (χ3n) is 1.87. The molecule has 0 amide bonds. The fraction of sp³-hybridized carbons (Fsp3) is 0. The molecule has 0 radical (unpaired) electrons. The van der Waals surface area contributed by atoms with E-state index in [0.29, 0.717) is 22.2 Å². The number of aromatic nitrogens is 1. The number of benzene rings is 1. The van der Waals surface area contributed by atoms with Crippen LogP contribution in [-0.4, -0.2) is 4.98 Å². The second-order valence-electron chi connectivity index (χ2n) is 2.95. The largest absolute Gasteiger partial charge is 0.454 e. The molecule has 0 bridgehead atoms. The number of hydrogen-bond donors (Lipinski definition) is 1. The molecular formula is C11H9ClN2O. The summed E-state index contributed by atoms with van der Waals surface area (Å²) in [6, 6.07) is 8.92. The highest BCUT2D eigenvalue weighted by Crippen LogP contribution is 2.31. The number of nitrogens with two attached hydrogens (primary N) is 1. The molecule has 1 aromatic heterocycles. The first-order valence-electron chi connectivity index (χ1n) is 4.39. The van der Waals surface area contributed by atoms with Gasteiger partial charge in [-0.05, 0) is 12.1 Å². The lowest BCUT2D eigenvalue weighted by molar-refractivity contribution is 0.484. The first-order valence-corrected chi connectivity index (χ1v) is 4.77. The lowest BCUT2D eigenvalue weighted by Crippen LogP contribution is -1.92. The number of anilines is 1. The quantitative estimate of drug-likeness (QED) is 0.846. The van der Waals surface area contributed by atoms with Gasteiger partial charge < -0.3 is 10.5 Å². The van der Waals surface area contributed by atoms with Crippen LogP contribution in [0.15, 0.2) is 42.7 Å². The van der Waals surface area contributed by atoms with Crippen molar-refractivity contribution in [1.29, 1.82) is 0 Å². The summed E-state index contributed by atoms with van der Waals surface area (Å²) in [7, 11) is 0. The number of nitrogens with zero attached hydrogens (tertiary/aromatic N) is 1. The Kier molecular flexibility index (Phi) is 2.74. The smallest absolute Gasteiger partial charge is 0.153 e. The summed E-state index contributed by atoms with van der Waals surface area (Å²) < 4.78 is 5.54. The van der Waals surface area contributed by atoms with Crippen LogP contribution in [0.2, 0.25) is 5.02 Å². The first kappa shape index (κ1) is 9.80. The minimum absolute atomic E-state index is 0.484. The molecule has 0 aliphatic heterocycles. The highest BCUT2D eigenvalue weighted by molar-refractivity contribution is 6.32. The van der Waals surface area contributed by atoms with E-state index in [1.165, 1.54) is 6.20 Å². The molecule has 76 valence electrons. The van der Waals surface area contributed by atoms with Crippen LogP contribution < -0.4 is 10.5 Å². The van der Waals surface area contributed by atoms with Gasteiger partial charge in [0.15, 0.2) is 5.75 Å². The van der Waals surface area contributed by atoms with Crippen LogP contribution >= 0.6 is 11.6 Å². The van der Waals surface area contributed by atoms with Gasteiger partial charge in [-0.3, -0.25) is 4.98 Å². The van der Waals surface area contributed by atoms with Gasteiger partial charge in [0.1, 0.15) is 5.75 Å². The standard InChI is InChI=1S/C11H9ClN2O/c12-8-3-1-2-4-10(8)15-11-5-6-14-7-9(11)13/h1-7H,13H2. The molecule has 2 rings (SSSR count). The SMILES string of the molecule is Nc1cnccc1Oc1ccccc1Cl. The van der Waals surface area contributed by atoms with Crippen molar-refractivity contribution in [2.45, 2.75) is 0 Å². The normalized spacial score (nSPS) is 9.93. The molecule has 4 heteroatoms. The summed E-state index contributed by atoms with van der Waals surface area (Å²) in [5.41, 5.74) is 6.17. The molecule has 2 aromatic rings. The number of ether oxygens (including phenoxy) is 1. The molecule has 0 spiro atoms. The van der Waals surface area contributed by atoms with Crippen molar-refractivity contribution < 1.29 is 4.74 Å². The molecule has 3 nitrogen and oxygen atoms in total. The summed E-state index contributed by atoms with van der Waals surface area (Å²) in [5, 5.41) is 0.550. The molecule has 0 atom stereocenters. The molecule has 1 aromatic carbocycles. The van der Waals surface area contributed by atoms with Crippen LogP contribution in [0.1, 0.15) is 0 Å². The third kappa shape index (κ3) is 2.19. The van der Waals surface area contributed by atoms with Gasteiger partial charge >= 0.3 is 0 Å². The molecule has 2 N–H and O–H groups in total. The predicted octanol–water partition coefficient (Wildman–Crippen LogP) is 3.11. The molecule has 0 aliphatic rings. The van der Waals surface area contributed by atoms with Gasteiger partial charge in [-0.25, -0.2) is 0 Å². The fourth-order valence-electron chi connectivity index (χ4n) is 1.13. The van der Waals surface area contributed by atoms with E-state index in [0.717, 1.165) is 0 Å². The van der Waals surface area contributed by atoms with Crippen LogP contribution in [0.5, 0.6) is 11.5 Å². The lowest BCUT2D eigenvalue weighted by Gasteiger charge is -2.08.